The molecule has 4 nitrogen and oxygen atoms in total. The van der Waals surface area contributed by atoms with E-state index in [1.54, 1.807) is 18.4 Å². The average molecular weight is 329 g/mol. The minimum atomic E-state index is -0.139. The number of rotatable bonds is 3. The van der Waals surface area contributed by atoms with Gasteiger partial charge in [-0.05, 0) is 49.6 Å². The summed E-state index contributed by atoms with van der Waals surface area (Å²) in [5.41, 5.74) is 5.15. The Kier molecular flexibility index (Phi) is 4.09. The maximum absolute atomic E-state index is 12.2. The summed E-state index contributed by atoms with van der Waals surface area (Å²) < 4.78 is 5.70. The van der Waals surface area contributed by atoms with Gasteiger partial charge in [-0.1, -0.05) is 17.7 Å². The molecule has 5 heteroatoms. The summed E-state index contributed by atoms with van der Waals surface area (Å²) in [6, 6.07) is 5.48. The van der Waals surface area contributed by atoms with Crippen LogP contribution in [0, 0.1) is 20.8 Å². The summed E-state index contributed by atoms with van der Waals surface area (Å²) in [4.78, 5) is 16.3. The molecule has 23 heavy (non-hydrogen) atoms. The lowest BCUT2D eigenvalue weighted by Gasteiger charge is -2.06. The maximum atomic E-state index is 12.2. The van der Waals surface area contributed by atoms with Gasteiger partial charge in [0.05, 0.1) is 17.7 Å². The van der Waals surface area contributed by atoms with Gasteiger partial charge in [0.15, 0.2) is 0 Å². The molecule has 118 valence electrons. The largest absolute Gasteiger partial charge is 0.464 e. The zero-order valence-electron chi connectivity index (χ0n) is 13.2. The van der Waals surface area contributed by atoms with E-state index in [0.717, 1.165) is 27.7 Å². The number of anilines is 1. The fourth-order valence-corrected chi connectivity index (χ4v) is 2.84. The second-order valence-corrected chi connectivity index (χ2v) is 6.12. The first-order valence-corrected chi connectivity index (χ1v) is 7.72. The van der Waals surface area contributed by atoms with Crippen molar-refractivity contribution in [2.45, 2.75) is 27.2 Å². The Bertz CT molecular complexity index is 882. The van der Waals surface area contributed by atoms with Gasteiger partial charge < -0.3 is 9.73 Å². The van der Waals surface area contributed by atoms with Gasteiger partial charge >= 0.3 is 0 Å². The van der Waals surface area contributed by atoms with E-state index in [1.807, 2.05) is 13.8 Å². The Labute approximate surface area is 139 Å². The molecular weight excluding hydrogens is 312 g/mol. The summed E-state index contributed by atoms with van der Waals surface area (Å²) in [5, 5.41) is 4.32. The average Bonchev–Trinajstić information content (AvgIpc) is 2.91. The predicted octanol–water partition coefficient (Wildman–Crippen LogP) is 4.59. The van der Waals surface area contributed by atoms with Gasteiger partial charge in [-0.15, -0.1) is 0 Å². The molecule has 0 saturated heterocycles. The minimum absolute atomic E-state index is 0.139. The molecule has 0 aliphatic rings. The van der Waals surface area contributed by atoms with E-state index in [9.17, 15) is 4.79 Å². The number of nitrogens with zero attached hydrogens (tertiary/aromatic N) is 1. The van der Waals surface area contributed by atoms with Crippen LogP contribution in [0.2, 0.25) is 5.02 Å². The molecular formula is C18H17ClN2O2. The van der Waals surface area contributed by atoms with Gasteiger partial charge in [-0.3, -0.25) is 4.79 Å². The van der Waals surface area contributed by atoms with Crippen molar-refractivity contribution in [3.63, 3.8) is 0 Å². The molecule has 1 amide bonds. The highest BCUT2D eigenvalue weighted by atomic mass is 35.5. The number of furan rings is 1. The number of halogens is 1. The number of nitrogens with one attached hydrogen (secondary N) is 1. The first-order chi connectivity index (χ1) is 11.0. The number of hydrogen-bond acceptors (Lipinski definition) is 3. The van der Waals surface area contributed by atoms with Crippen molar-refractivity contribution in [1.29, 1.82) is 0 Å². The van der Waals surface area contributed by atoms with Gasteiger partial charge in [0.25, 0.3) is 0 Å². The number of aryl methyl sites for hydroxylation is 3. The van der Waals surface area contributed by atoms with E-state index in [1.165, 1.54) is 11.8 Å². The highest BCUT2D eigenvalue weighted by Gasteiger charge is 2.15. The van der Waals surface area contributed by atoms with E-state index in [2.05, 4.69) is 23.3 Å². The molecule has 3 rings (SSSR count). The molecule has 3 aromatic rings. The van der Waals surface area contributed by atoms with E-state index < -0.39 is 0 Å². The maximum Gasteiger partial charge on any atom is 0.230 e. The monoisotopic (exact) mass is 328 g/mol. The number of pyridine rings is 1. The Morgan fingerprint density at radius 1 is 1.26 bits per heavy atom. The summed E-state index contributed by atoms with van der Waals surface area (Å²) in [6.07, 6.45) is 3.40. The third-order valence-electron chi connectivity index (χ3n) is 3.97. The molecule has 0 atom stereocenters. The number of carbonyl (C=O) groups is 1. The Balaban J connectivity index is 1.85. The molecule has 0 spiro atoms. The molecule has 0 unspecified atom stereocenters. The summed E-state index contributed by atoms with van der Waals surface area (Å²) in [5.74, 6) is 0.344. The third kappa shape index (κ3) is 3.08. The van der Waals surface area contributed by atoms with Crippen molar-refractivity contribution >= 4 is 34.3 Å². The Morgan fingerprint density at radius 3 is 2.74 bits per heavy atom. The SMILES string of the molecule is Cc1cc(C)c2c(CC(=O)Nc3ccc(Cl)cn3)coc2c1C. The molecule has 0 radical (unpaired) electrons. The number of amides is 1. The van der Waals surface area contributed by atoms with Crippen molar-refractivity contribution in [3.05, 3.63) is 57.9 Å². The fourth-order valence-electron chi connectivity index (χ4n) is 2.73. The molecule has 0 aliphatic heterocycles. The van der Waals surface area contributed by atoms with Crippen LogP contribution < -0.4 is 5.32 Å². The van der Waals surface area contributed by atoms with Crippen molar-refractivity contribution < 1.29 is 9.21 Å². The highest BCUT2D eigenvalue weighted by Crippen LogP contribution is 2.30. The van der Waals surface area contributed by atoms with Gasteiger partial charge in [0.2, 0.25) is 5.91 Å². The molecule has 1 aromatic carbocycles. The van der Waals surface area contributed by atoms with Crippen LogP contribution in [-0.2, 0) is 11.2 Å². The number of benzene rings is 1. The number of aromatic nitrogens is 1. The van der Waals surface area contributed by atoms with Crippen molar-refractivity contribution in [2.24, 2.45) is 0 Å². The van der Waals surface area contributed by atoms with Gasteiger partial charge in [-0.2, -0.15) is 0 Å². The lowest BCUT2D eigenvalue weighted by atomic mass is 9.99. The lowest BCUT2D eigenvalue weighted by molar-refractivity contribution is -0.115. The predicted molar refractivity (Wildman–Crippen MR) is 92.0 cm³/mol. The molecule has 0 fully saturated rings. The van der Waals surface area contributed by atoms with Crippen molar-refractivity contribution in [2.75, 3.05) is 5.32 Å². The van der Waals surface area contributed by atoms with Gasteiger partial charge in [-0.25, -0.2) is 4.98 Å². The van der Waals surface area contributed by atoms with Crippen LogP contribution in [-0.4, -0.2) is 10.9 Å². The Hall–Kier alpha value is -2.33. The molecule has 0 bridgehead atoms. The molecule has 1 N–H and O–H groups in total. The van der Waals surface area contributed by atoms with Gasteiger partial charge in [0.1, 0.15) is 11.4 Å². The normalized spacial score (nSPS) is 11.0. The quantitative estimate of drug-likeness (QED) is 0.765. The topological polar surface area (TPSA) is 55.1 Å². The van der Waals surface area contributed by atoms with Crippen LogP contribution in [0.5, 0.6) is 0 Å². The number of carbonyl (C=O) groups excluding carboxylic acids is 1. The molecule has 0 saturated carbocycles. The second kappa shape index (κ2) is 6.05. The van der Waals surface area contributed by atoms with E-state index in [0.29, 0.717) is 10.8 Å². The first kappa shape index (κ1) is 15.6. The zero-order valence-corrected chi connectivity index (χ0v) is 14.0. The number of hydrogen-bond donors (Lipinski definition) is 1. The fraction of sp³-hybridized carbons (Fsp3) is 0.222. The molecule has 2 heterocycles. The lowest BCUT2D eigenvalue weighted by Crippen LogP contribution is -2.15. The Morgan fingerprint density at radius 2 is 2.04 bits per heavy atom. The van der Waals surface area contributed by atoms with E-state index in [4.69, 9.17) is 16.0 Å². The number of fused-ring (bicyclic) bond motifs is 1. The van der Waals surface area contributed by atoms with E-state index >= 15 is 0 Å². The van der Waals surface area contributed by atoms with Crippen molar-refractivity contribution in [1.82, 2.24) is 4.98 Å². The van der Waals surface area contributed by atoms with Crippen molar-refractivity contribution in [3.8, 4) is 0 Å². The standard InChI is InChI=1S/C18H17ClN2O2/c1-10-6-11(2)17-13(9-23-18(17)12(10)3)7-16(22)21-15-5-4-14(19)8-20-15/h4-6,8-9H,7H2,1-3H3,(H,20,21,22). The second-order valence-electron chi connectivity index (χ2n) is 5.69. The highest BCUT2D eigenvalue weighted by molar-refractivity contribution is 6.30. The first-order valence-electron chi connectivity index (χ1n) is 7.34. The van der Waals surface area contributed by atoms with Crippen LogP contribution >= 0.6 is 11.6 Å². The van der Waals surface area contributed by atoms with Crippen LogP contribution in [0.3, 0.4) is 0 Å². The molecule has 2 aromatic heterocycles. The van der Waals surface area contributed by atoms with Crippen LogP contribution in [0.4, 0.5) is 5.82 Å². The minimum Gasteiger partial charge on any atom is -0.464 e. The summed E-state index contributed by atoms with van der Waals surface area (Å²) in [6.45, 7) is 6.12. The van der Waals surface area contributed by atoms with Crippen LogP contribution in [0.1, 0.15) is 22.3 Å². The van der Waals surface area contributed by atoms with Crippen LogP contribution in [0.15, 0.2) is 35.1 Å². The smallest absolute Gasteiger partial charge is 0.230 e. The summed E-state index contributed by atoms with van der Waals surface area (Å²) in [7, 11) is 0. The van der Waals surface area contributed by atoms with Gasteiger partial charge in [0, 0.05) is 17.1 Å². The summed E-state index contributed by atoms with van der Waals surface area (Å²) >= 11 is 5.79. The third-order valence-corrected chi connectivity index (χ3v) is 4.20. The van der Waals surface area contributed by atoms with Crippen LogP contribution in [0.25, 0.3) is 11.0 Å². The zero-order chi connectivity index (χ0) is 16.6. The molecule has 0 aliphatic carbocycles. The van der Waals surface area contributed by atoms with E-state index in [-0.39, 0.29) is 12.3 Å².